The van der Waals surface area contributed by atoms with Crippen LogP contribution in [0.3, 0.4) is 0 Å². The quantitative estimate of drug-likeness (QED) is 0.370. The molecule has 150 valence electrons. The Morgan fingerprint density at radius 2 is 1.97 bits per heavy atom. The van der Waals surface area contributed by atoms with Crippen LogP contribution in [-0.2, 0) is 4.79 Å². The van der Waals surface area contributed by atoms with Crippen LogP contribution >= 0.6 is 24.0 Å². The number of hydrogen-bond acceptors (Lipinski definition) is 6. The first-order valence-electron chi connectivity index (χ1n) is 9.56. The van der Waals surface area contributed by atoms with Crippen molar-refractivity contribution in [1.82, 2.24) is 10.3 Å². The molecule has 0 aliphatic carbocycles. The van der Waals surface area contributed by atoms with Gasteiger partial charge >= 0.3 is 0 Å². The van der Waals surface area contributed by atoms with E-state index in [4.69, 9.17) is 16.6 Å². The number of anilines is 1. The first-order valence-corrected chi connectivity index (χ1v) is 10.8. The lowest BCUT2D eigenvalue weighted by atomic mass is 10.1. The van der Waals surface area contributed by atoms with E-state index in [0.29, 0.717) is 26.1 Å². The molecule has 0 atom stereocenters. The summed E-state index contributed by atoms with van der Waals surface area (Å²) in [5, 5.41) is 3.43. The molecule has 0 bridgehead atoms. The standard InChI is InChI=1S/C23H19N3O2S2/c1-3-26(4-2)18-9-6-15(7-10-18)5-8-16-13-24-14-17-11-19(28-21(16)17)12-20-22(27)25-23(29)30-20/h6-7,9-14H,3-4H2,1-2H3,(H,25,27,29). The number of furan rings is 1. The van der Waals surface area contributed by atoms with Crippen LogP contribution in [0.5, 0.6) is 0 Å². The second kappa shape index (κ2) is 8.74. The Hall–Kier alpha value is -3.08. The highest BCUT2D eigenvalue weighted by Gasteiger charge is 2.22. The van der Waals surface area contributed by atoms with Gasteiger partial charge in [0.1, 0.15) is 10.1 Å². The molecule has 0 unspecified atom stereocenters. The average Bonchev–Trinajstić information content (AvgIpc) is 3.30. The third-order valence-corrected chi connectivity index (χ3v) is 5.86. The lowest BCUT2D eigenvalue weighted by Gasteiger charge is -2.20. The first-order chi connectivity index (χ1) is 14.6. The van der Waals surface area contributed by atoms with Gasteiger partial charge in [-0.05, 0) is 44.2 Å². The first kappa shape index (κ1) is 20.2. The Balaban J connectivity index is 1.62. The van der Waals surface area contributed by atoms with Crippen LogP contribution in [0.2, 0.25) is 0 Å². The van der Waals surface area contributed by atoms with Crippen LogP contribution in [0.1, 0.15) is 30.7 Å². The molecular formula is C23H19N3O2S2. The van der Waals surface area contributed by atoms with Gasteiger partial charge in [-0.25, -0.2) is 0 Å². The van der Waals surface area contributed by atoms with Crippen molar-refractivity contribution < 1.29 is 9.21 Å². The van der Waals surface area contributed by atoms with E-state index in [1.165, 1.54) is 17.4 Å². The van der Waals surface area contributed by atoms with Crippen LogP contribution < -0.4 is 10.2 Å². The molecule has 4 rings (SSSR count). The van der Waals surface area contributed by atoms with Gasteiger partial charge in [-0.2, -0.15) is 0 Å². The second-order valence-corrected chi connectivity index (χ2v) is 8.29. The number of benzene rings is 1. The number of nitrogens with zero attached hydrogens (tertiary/aromatic N) is 2. The van der Waals surface area contributed by atoms with Crippen LogP contribution in [0.15, 0.2) is 52.0 Å². The molecule has 3 aromatic rings. The van der Waals surface area contributed by atoms with Crippen molar-refractivity contribution in [3.63, 3.8) is 0 Å². The van der Waals surface area contributed by atoms with Crippen molar-refractivity contribution in [3.05, 3.63) is 64.5 Å². The number of hydrogen-bond donors (Lipinski definition) is 1. The van der Waals surface area contributed by atoms with Gasteiger partial charge < -0.3 is 14.6 Å². The molecule has 1 aliphatic rings. The monoisotopic (exact) mass is 433 g/mol. The van der Waals surface area contributed by atoms with E-state index in [1.54, 1.807) is 18.5 Å². The minimum atomic E-state index is -0.211. The van der Waals surface area contributed by atoms with E-state index < -0.39 is 0 Å². The fourth-order valence-corrected chi connectivity index (χ4v) is 4.20. The normalized spacial score (nSPS) is 14.7. The van der Waals surface area contributed by atoms with Crippen molar-refractivity contribution in [3.8, 4) is 11.8 Å². The lowest BCUT2D eigenvalue weighted by Crippen LogP contribution is -2.21. The number of thiocarbonyl (C=S) groups is 1. The molecule has 1 saturated heterocycles. The fourth-order valence-electron chi connectivity index (χ4n) is 3.18. The molecule has 0 saturated carbocycles. The number of carbonyl (C=O) groups excluding carboxylic acids is 1. The van der Waals surface area contributed by atoms with Gasteiger partial charge in [-0.1, -0.05) is 35.8 Å². The van der Waals surface area contributed by atoms with Crippen LogP contribution in [0.25, 0.3) is 17.0 Å². The van der Waals surface area contributed by atoms with Gasteiger partial charge in [0.2, 0.25) is 0 Å². The molecule has 1 aliphatic heterocycles. The van der Waals surface area contributed by atoms with Crippen molar-refractivity contribution in [2.24, 2.45) is 0 Å². The Morgan fingerprint density at radius 3 is 2.63 bits per heavy atom. The molecule has 1 aromatic carbocycles. The van der Waals surface area contributed by atoms with Gasteiger partial charge in [0, 0.05) is 48.2 Å². The van der Waals surface area contributed by atoms with Gasteiger partial charge in [0.15, 0.2) is 5.58 Å². The van der Waals surface area contributed by atoms with Gasteiger partial charge in [-0.15, -0.1) is 0 Å². The number of fused-ring (bicyclic) bond motifs is 1. The Labute approximate surface area is 184 Å². The zero-order valence-electron chi connectivity index (χ0n) is 16.6. The van der Waals surface area contributed by atoms with Crippen molar-refractivity contribution in [2.75, 3.05) is 18.0 Å². The molecule has 0 spiro atoms. The number of amides is 1. The number of carbonyl (C=O) groups is 1. The Morgan fingerprint density at radius 1 is 1.20 bits per heavy atom. The molecule has 3 heterocycles. The maximum atomic E-state index is 11.9. The van der Waals surface area contributed by atoms with Gasteiger partial charge in [0.05, 0.1) is 10.5 Å². The van der Waals surface area contributed by atoms with E-state index in [0.717, 1.165) is 24.0 Å². The van der Waals surface area contributed by atoms with Crippen LogP contribution in [-0.4, -0.2) is 28.3 Å². The maximum Gasteiger partial charge on any atom is 0.263 e. The molecule has 7 heteroatoms. The van der Waals surface area contributed by atoms with E-state index in [1.807, 2.05) is 18.2 Å². The number of pyridine rings is 1. The van der Waals surface area contributed by atoms with E-state index >= 15 is 0 Å². The van der Waals surface area contributed by atoms with E-state index in [-0.39, 0.29) is 5.91 Å². The largest absolute Gasteiger partial charge is 0.455 e. The minimum absolute atomic E-state index is 0.211. The van der Waals surface area contributed by atoms with E-state index in [2.05, 4.69) is 53.0 Å². The smallest absolute Gasteiger partial charge is 0.263 e. The molecular weight excluding hydrogens is 414 g/mol. The Kier molecular flexibility index (Phi) is 5.88. The predicted molar refractivity (Wildman–Crippen MR) is 126 cm³/mol. The van der Waals surface area contributed by atoms with Crippen LogP contribution in [0.4, 0.5) is 5.69 Å². The third-order valence-electron chi connectivity index (χ3n) is 4.69. The molecule has 1 amide bonds. The SMILES string of the molecule is CCN(CC)c1ccc(C#Cc2cncc3cc(C=C4SC(=S)NC4=O)oc23)cc1. The average molecular weight is 434 g/mol. The third kappa shape index (κ3) is 4.25. The summed E-state index contributed by atoms with van der Waals surface area (Å²) in [5.74, 6) is 6.69. The van der Waals surface area contributed by atoms with Crippen molar-refractivity contribution in [1.29, 1.82) is 0 Å². The zero-order chi connectivity index (χ0) is 21.1. The predicted octanol–water partition coefficient (Wildman–Crippen LogP) is 4.56. The summed E-state index contributed by atoms with van der Waals surface area (Å²) in [7, 11) is 0. The molecule has 5 nitrogen and oxygen atoms in total. The summed E-state index contributed by atoms with van der Waals surface area (Å²) in [6.07, 6.45) is 5.09. The molecule has 1 fully saturated rings. The number of aromatic nitrogens is 1. The number of rotatable bonds is 4. The molecule has 1 N–H and O–H groups in total. The molecule has 30 heavy (non-hydrogen) atoms. The van der Waals surface area contributed by atoms with E-state index in [9.17, 15) is 4.79 Å². The van der Waals surface area contributed by atoms with Gasteiger partial charge in [-0.3, -0.25) is 9.78 Å². The van der Waals surface area contributed by atoms with Crippen molar-refractivity contribution >= 4 is 56.9 Å². The highest BCUT2D eigenvalue weighted by atomic mass is 32.2. The van der Waals surface area contributed by atoms with Gasteiger partial charge in [0.25, 0.3) is 5.91 Å². The topological polar surface area (TPSA) is 58.4 Å². The molecule has 2 aromatic heterocycles. The summed E-state index contributed by atoms with van der Waals surface area (Å²) < 4.78 is 6.40. The summed E-state index contributed by atoms with van der Waals surface area (Å²) >= 11 is 6.24. The van der Waals surface area contributed by atoms with Crippen molar-refractivity contribution in [2.45, 2.75) is 13.8 Å². The summed E-state index contributed by atoms with van der Waals surface area (Å²) in [6.45, 7) is 6.23. The summed E-state index contributed by atoms with van der Waals surface area (Å²) in [6, 6.07) is 10.0. The zero-order valence-corrected chi connectivity index (χ0v) is 18.2. The fraction of sp³-hybridized carbons (Fsp3) is 0.174. The highest BCUT2D eigenvalue weighted by molar-refractivity contribution is 8.26. The lowest BCUT2D eigenvalue weighted by molar-refractivity contribution is -0.115. The highest BCUT2D eigenvalue weighted by Crippen LogP contribution is 2.29. The Bertz CT molecular complexity index is 1210. The summed E-state index contributed by atoms with van der Waals surface area (Å²) in [5.41, 5.74) is 3.45. The minimum Gasteiger partial charge on any atom is -0.455 e. The number of thioether (sulfide) groups is 1. The molecule has 0 radical (unpaired) electrons. The van der Waals surface area contributed by atoms with Crippen LogP contribution in [0, 0.1) is 11.8 Å². The second-order valence-electron chi connectivity index (χ2n) is 6.58. The number of nitrogens with one attached hydrogen (secondary N) is 1. The summed E-state index contributed by atoms with van der Waals surface area (Å²) in [4.78, 5) is 18.9. The maximum absolute atomic E-state index is 11.9.